The number of likely N-dealkylation sites (tertiary alicyclic amines) is 1. The third-order valence-corrected chi connectivity index (χ3v) is 8.08. The lowest BCUT2D eigenvalue weighted by Crippen LogP contribution is -2.56. The fourth-order valence-electron chi connectivity index (χ4n) is 6.00. The Bertz CT molecular complexity index is 1010. The lowest BCUT2D eigenvalue weighted by Gasteiger charge is -2.45. The van der Waals surface area contributed by atoms with Crippen LogP contribution in [0.15, 0.2) is 24.3 Å². The first kappa shape index (κ1) is 24.2. The van der Waals surface area contributed by atoms with Gasteiger partial charge in [0, 0.05) is 31.4 Å². The van der Waals surface area contributed by atoms with Crippen molar-refractivity contribution in [3.8, 4) is 11.5 Å². The zero-order valence-corrected chi connectivity index (χ0v) is 19.9. The molecule has 2 heterocycles. The van der Waals surface area contributed by atoms with Crippen LogP contribution in [0, 0.1) is 5.92 Å². The van der Waals surface area contributed by atoms with Crippen LogP contribution < -0.4 is 20.4 Å². The summed E-state index contributed by atoms with van der Waals surface area (Å²) in [6, 6.07) is 4.00. The van der Waals surface area contributed by atoms with Crippen molar-refractivity contribution in [2.75, 3.05) is 26.2 Å². The fraction of sp³-hybridized carbons (Fsp3) is 0.600. The molecule has 5 N–H and O–H groups in total. The van der Waals surface area contributed by atoms with E-state index in [4.69, 9.17) is 15.1 Å². The Labute approximate surface area is 205 Å². The van der Waals surface area contributed by atoms with Gasteiger partial charge in [-0.15, -0.1) is 0 Å². The number of carboxylic acid groups (broad SMARTS) is 1. The molecule has 1 amide bonds. The van der Waals surface area contributed by atoms with E-state index in [0.717, 1.165) is 43.4 Å². The molecule has 3 fully saturated rings. The predicted molar refractivity (Wildman–Crippen MR) is 131 cm³/mol. The number of allylic oxidation sites excluding steroid dienone is 1. The van der Waals surface area contributed by atoms with Crippen LogP contribution >= 0.6 is 0 Å². The van der Waals surface area contributed by atoms with E-state index in [0.29, 0.717) is 44.4 Å². The summed E-state index contributed by atoms with van der Waals surface area (Å²) in [6.45, 7) is 6.31. The molecule has 1 aromatic carbocycles. The number of nitrogens with two attached hydrogens (primary N) is 1. The van der Waals surface area contributed by atoms with E-state index in [1.165, 1.54) is 0 Å². The summed E-state index contributed by atoms with van der Waals surface area (Å²) in [5.74, 6) is -0.413. The summed E-state index contributed by atoms with van der Waals surface area (Å²) in [5, 5.41) is 23.7. The second-order valence-electron chi connectivity index (χ2n) is 10.4. The van der Waals surface area contributed by atoms with Crippen molar-refractivity contribution >= 4 is 19.0 Å². The summed E-state index contributed by atoms with van der Waals surface area (Å²) < 4.78 is 11.6. The van der Waals surface area contributed by atoms with Gasteiger partial charge in [-0.05, 0) is 55.6 Å². The summed E-state index contributed by atoms with van der Waals surface area (Å²) in [6.07, 6.45) is 5.23. The van der Waals surface area contributed by atoms with Gasteiger partial charge >= 0.3 is 13.1 Å². The maximum Gasteiger partial charge on any atom is 0.530 e. The smallest absolute Gasteiger partial charge is 0.530 e. The Hall–Kier alpha value is -2.56. The number of benzene rings is 1. The van der Waals surface area contributed by atoms with Gasteiger partial charge in [0.15, 0.2) is 0 Å². The van der Waals surface area contributed by atoms with Gasteiger partial charge in [0.05, 0.1) is 13.1 Å². The first-order valence-corrected chi connectivity index (χ1v) is 12.7. The van der Waals surface area contributed by atoms with Gasteiger partial charge in [-0.2, -0.15) is 0 Å². The van der Waals surface area contributed by atoms with Gasteiger partial charge in [0.1, 0.15) is 23.2 Å². The molecule has 188 valence electrons. The molecule has 0 unspecified atom stereocenters. The Morgan fingerprint density at radius 2 is 2.00 bits per heavy atom. The number of carbonyl (C=O) groups is 2. The third kappa shape index (κ3) is 4.67. The van der Waals surface area contributed by atoms with Crippen LogP contribution in [0.4, 0.5) is 0 Å². The molecule has 1 aromatic rings. The molecule has 0 radical (unpaired) electrons. The normalized spacial score (nSPS) is 27.8. The van der Waals surface area contributed by atoms with Crippen molar-refractivity contribution < 1.29 is 29.1 Å². The van der Waals surface area contributed by atoms with Crippen molar-refractivity contribution in [3.05, 3.63) is 35.4 Å². The topological polar surface area (TPSA) is 134 Å². The molecule has 0 aromatic heterocycles. The van der Waals surface area contributed by atoms with Gasteiger partial charge in [0.2, 0.25) is 5.91 Å². The van der Waals surface area contributed by atoms with Crippen molar-refractivity contribution in [3.63, 3.8) is 0 Å². The summed E-state index contributed by atoms with van der Waals surface area (Å²) in [4.78, 5) is 26.6. The minimum Gasteiger partial charge on any atom is -0.535 e. The molecule has 1 saturated heterocycles. The molecule has 9 nitrogen and oxygen atoms in total. The number of carboxylic acids is 1. The van der Waals surface area contributed by atoms with Crippen molar-refractivity contribution in [2.45, 2.75) is 62.4 Å². The number of aromatic carboxylic acids is 1. The SMILES string of the molecule is C=C1C[C@@H]2c3ccc(OC4CN(C(=O)CC5CCC(NCCN)CC5)C4)c(C(=O)O)c3OB(O)[C@H]12. The molecule has 10 heteroatoms. The van der Waals surface area contributed by atoms with Crippen LogP contribution in [0.25, 0.3) is 0 Å². The first-order chi connectivity index (χ1) is 16.9. The highest BCUT2D eigenvalue weighted by Gasteiger charge is 2.51. The van der Waals surface area contributed by atoms with Crippen LogP contribution in [-0.4, -0.2) is 72.4 Å². The molecule has 2 aliphatic carbocycles. The maximum absolute atomic E-state index is 12.7. The van der Waals surface area contributed by atoms with E-state index >= 15 is 0 Å². The number of nitrogens with zero attached hydrogens (tertiary/aromatic N) is 1. The highest BCUT2D eigenvalue weighted by molar-refractivity contribution is 6.48. The number of hydrogen-bond donors (Lipinski definition) is 4. The van der Waals surface area contributed by atoms with E-state index in [-0.39, 0.29) is 40.8 Å². The number of ether oxygens (including phenoxy) is 1. The van der Waals surface area contributed by atoms with Crippen molar-refractivity contribution in [1.82, 2.24) is 10.2 Å². The molecule has 2 saturated carbocycles. The minimum atomic E-state index is -1.16. The molecule has 2 atom stereocenters. The van der Waals surface area contributed by atoms with Crippen molar-refractivity contribution in [2.24, 2.45) is 11.7 Å². The molecule has 0 spiro atoms. The highest BCUT2D eigenvalue weighted by Crippen LogP contribution is 2.58. The van der Waals surface area contributed by atoms with Crippen LogP contribution in [0.1, 0.15) is 60.4 Å². The molecule has 4 aliphatic rings. The van der Waals surface area contributed by atoms with Crippen molar-refractivity contribution in [1.29, 1.82) is 0 Å². The minimum absolute atomic E-state index is 0.0109. The first-order valence-electron chi connectivity index (χ1n) is 12.7. The molecule has 5 rings (SSSR count). The number of rotatable bonds is 8. The molecule has 0 bridgehead atoms. The third-order valence-electron chi connectivity index (χ3n) is 8.08. The summed E-state index contributed by atoms with van der Waals surface area (Å²) in [7, 11) is -1.11. The maximum atomic E-state index is 12.7. The highest BCUT2D eigenvalue weighted by atomic mass is 16.5. The van der Waals surface area contributed by atoms with E-state index < -0.39 is 13.1 Å². The Balaban J connectivity index is 1.16. The van der Waals surface area contributed by atoms with E-state index in [2.05, 4.69) is 11.9 Å². The van der Waals surface area contributed by atoms with Crippen LogP contribution in [0.5, 0.6) is 11.5 Å². The molecule has 2 aliphatic heterocycles. The number of carbonyl (C=O) groups excluding carboxylic acids is 1. The van der Waals surface area contributed by atoms with Gasteiger partial charge in [-0.3, -0.25) is 4.79 Å². The number of fused-ring (bicyclic) bond motifs is 3. The zero-order chi connectivity index (χ0) is 24.7. The Morgan fingerprint density at radius 3 is 2.66 bits per heavy atom. The fourth-order valence-corrected chi connectivity index (χ4v) is 6.00. The quantitative estimate of drug-likeness (QED) is 0.325. The monoisotopic (exact) mass is 483 g/mol. The Morgan fingerprint density at radius 1 is 1.26 bits per heavy atom. The summed E-state index contributed by atoms with van der Waals surface area (Å²) >= 11 is 0. The molecular formula is C25H34BN3O6. The second-order valence-corrected chi connectivity index (χ2v) is 10.4. The van der Waals surface area contributed by atoms with Gasteiger partial charge < -0.3 is 35.5 Å². The zero-order valence-electron chi connectivity index (χ0n) is 19.9. The average molecular weight is 483 g/mol. The summed E-state index contributed by atoms with van der Waals surface area (Å²) in [5.41, 5.74) is 7.18. The van der Waals surface area contributed by atoms with Crippen LogP contribution in [0.3, 0.4) is 0 Å². The standard InChI is InChI=1S/C25H34BN3O6/c1-14-10-19-18-6-7-20(22(25(31)32)24(18)35-26(33)23(14)19)34-17-12-29(13-17)21(30)11-15-2-4-16(5-3-15)28-9-8-27/h6-7,15-17,19,23,28,33H,1-5,8-13,27H2,(H,31,32)/t15?,16?,19-,23-/m1/s1. The average Bonchev–Trinajstić information content (AvgIpc) is 2.78. The van der Waals surface area contributed by atoms with Crippen LogP contribution in [-0.2, 0) is 4.79 Å². The van der Waals surface area contributed by atoms with E-state index in [1.54, 1.807) is 11.0 Å². The number of amides is 1. The largest absolute Gasteiger partial charge is 0.535 e. The van der Waals surface area contributed by atoms with E-state index in [9.17, 15) is 19.7 Å². The van der Waals surface area contributed by atoms with Gasteiger partial charge in [-0.25, -0.2) is 4.79 Å². The van der Waals surface area contributed by atoms with Gasteiger partial charge in [-0.1, -0.05) is 18.2 Å². The van der Waals surface area contributed by atoms with E-state index in [1.807, 2.05) is 6.07 Å². The second kappa shape index (κ2) is 9.83. The Kier molecular flexibility index (Phi) is 6.79. The lowest BCUT2D eigenvalue weighted by atomic mass is 9.49. The number of nitrogens with one attached hydrogen (secondary N) is 1. The van der Waals surface area contributed by atoms with Gasteiger partial charge in [0.25, 0.3) is 0 Å². The number of hydrogen-bond acceptors (Lipinski definition) is 7. The van der Waals surface area contributed by atoms with Crippen LogP contribution in [0.2, 0.25) is 5.82 Å². The lowest BCUT2D eigenvalue weighted by molar-refractivity contribution is -0.141. The molecule has 35 heavy (non-hydrogen) atoms. The predicted octanol–water partition coefficient (Wildman–Crippen LogP) is 1.76. The molecular weight excluding hydrogens is 449 g/mol.